The van der Waals surface area contributed by atoms with E-state index in [0.29, 0.717) is 0 Å². The molecule has 3 unspecified atom stereocenters. The topological polar surface area (TPSA) is 101 Å². The van der Waals surface area contributed by atoms with E-state index >= 15 is 0 Å². The van der Waals surface area contributed by atoms with Gasteiger partial charge in [0.25, 0.3) is 0 Å². The standard InChI is InChI=1S/C12H19NO6S/c1-19-10(14)5-6-20(17,18)13-7-8-3-2-4-9(8)11(13)12(15)16/h8-9,11H,2-7H2,1H3,(H,15,16). The molecule has 1 N–H and O–H groups in total. The minimum atomic E-state index is -3.75. The quantitative estimate of drug-likeness (QED) is 0.721. The van der Waals surface area contributed by atoms with Crippen LogP contribution in [0.2, 0.25) is 0 Å². The molecule has 2 rings (SSSR count). The monoisotopic (exact) mass is 305 g/mol. The lowest BCUT2D eigenvalue weighted by Gasteiger charge is -2.23. The first-order valence-corrected chi connectivity index (χ1v) is 8.27. The first-order valence-electron chi connectivity index (χ1n) is 6.66. The van der Waals surface area contributed by atoms with Crippen LogP contribution in [0.1, 0.15) is 25.7 Å². The van der Waals surface area contributed by atoms with Gasteiger partial charge in [-0.25, -0.2) is 8.42 Å². The van der Waals surface area contributed by atoms with Gasteiger partial charge in [0.1, 0.15) is 6.04 Å². The number of esters is 1. The Morgan fingerprint density at radius 2 is 2.05 bits per heavy atom. The molecule has 1 aliphatic carbocycles. The number of carboxylic acid groups (broad SMARTS) is 1. The van der Waals surface area contributed by atoms with E-state index in [1.165, 1.54) is 7.11 Å². The zero-order valence-corrected chi connectivity index (χ0v) is 12.1. The SMILES string of the molecule is COC(=O)CCS(=O)(=O)N1CC2CCCC2C1C(=O)O. The van der Waals surface area contributed by atoms with Crippen LogP contribution in [-0.2, 0) is 24.3 Å². The molecule has 1 saturated heterocycles. The van der Waals surface area contributed by atoms with Gasteiger partial charge in [0, 0.05) is 6.54 Å². The Labute approximate surface area is 117 Å². The normalized spacial score (nSPS) is 30.1. The van der Waals surface area contributed by atoms with Crippen LogP contribution < -0.4 is 0 Å². The van der Waals surface area contributed by atoms with Crippen LogP contribution in [0, 0.1) is 11.8 Å². The largest absolute Gasteiger partial charge is 0.480 e. The van der Waals surface area contributed by atoms with Crippen LogP contribution in [0.5, 0.6) is 0 Å². The third-order valence-electron chi connectivity index (χ3n) is 4.25. The summed E-state index contributed by atoms with van der Waals surface area (Å²) in [6, 6.07) is -0.981. The van der Waals surface area contributed by atoms with E-state index in [0.717, 1.165) is 23.6 Å². The summed E-state index contributed by atoms with van der Waals surface area (Å²) in [4.78, 5) is 22.5. The van der Waals surface area contributed by atoms with Crippen molar-refractivity contribution in [1.82, 2.24) is 4.31 Å². The molecule has 3 atom stereocenters. The molecule has 1 heterocycles. The zero-order valence-electron chi connectivity index (χ0n) is 11.3. The number of hydrogen-bond donors (Lipinski definition) is 1. The highest BCUT2D eigenvalue weighted by molar-refractivity contribution is 7.89. The van der Waals surface area contributed by atoms with Gasteiger partial charge in [-0.05, 0) is 24.7 Å². The molecule has 0 aromatic rings. The average Bonchev–Trinajstić information content (AvgIpc) is 2.95. The van der Waals surface area contributed by atoms with Crippen LogP contribution >= 0.6 is 0 Å². The van der Waals surface area contributed by atoms with Crippen LogP contribution in [0.3, 0.4) is 0 Å². The molecule has 20 heavy (non-hydrogen) atoms. The number of methoxy groups -OCH3 is 1. The molecule has 0 radical (unpaired) electrons. The molecule has 0 spiro atoms. The van der Waals surface area contributed by atoms with E-state index in [1.807, 2.05) is 0 Å². The summed E-state index contributed by atoms with van der Waals surface area (Å²) in [6.45, 7) is 0.255. The summed E-state index contributed by atoms with van der Waals surface area (Å²) >= 11 is 0. The number of carbonyl (C=O) groups is 2. The van der Waals surface area contributed by atoms with E-state index in [9.17, 15) is 23.1 Å². The van der Waals surface area contributed by atoms with Crippen molar-refractivity contribution < 1.29 is 27.9 Å². The van der Waals surface area contributed by atoms with Crippen molar-refractivity contribution in [3.63, 3.8) is 0 Å². The van der Waals surface area contributed by atoms with Crippen molar-refractivity contribution in [1.29, 1.82) is 0 Å². The molecule has 0 aromatic heterocycles. The van der Waals surface area contributed by atoms with E-state index in [4.69, 9.17) is 0 Å². The van der Waals surface area contributed by atoms with Gasteiger partial charge in [0.15, 0.2) is 0 Å². The fraction of sp³-hybridized carbons (Fsp3) is 0.833. The van der Waals surface area contributed by atoms with Gasteiger partial charge in [-0.1, -0.05) is 6.42 Å². The number of rotatable bonds is 5. The van der Waals surface area contributed by atoms with Gasteiger partial charge in [-0.15, -0.1) is 0 Å². The van der Waals surface area contributed by atoms with Crippen LogP contribution in [0.25, 0.3) is 0 Å². The molecular weight excluding hydrogens is 286 g/mol. The Bertz CT molecular complexity index is 502. The van der Waals surface area contributed by atoms with Crippen LogP contribution in [-0.4, -0.2) is 55.2 Å². The van der Waals surface area contributed by atoms with Crippen molar-refractivity contribution in [2.45, 2.75) is 31.7 Å². The number of ether oxygens (including phenoxy) is 1. The number of nitrogens with zero attached hydrogens (tertiary/aromatic N) is 1. The first kappa shape index (κ1) is 15.2. The Hall–Kier alpha value is -1.15. The predicted octanol–water partition coefficient (Wildman–Crippen LogP) is 0.0644. The lowest BCUT2D eigenvalue weighted by atomic mass is 9.94. The van der Waals surface area contributed by atoms with Gasteiger partial charge < -0.3 is 9.84 Å². The summed E-state index contributed by atoms with van der Waals surface area (Å²) in [7, 11) is -2.56. The molecule has 7 nitrogen and oxygen atoms in total. The average molecular weight is 305 g/mol. The lowest BCUT2D eigenvalue weighted by molar-refractivity contribution is -0.142. The highest BCUT2D eigenvalue weighted by Crippen LogP contribution is 2.43. The number of aliphatic carboxylic acids is 1. The smallest absolute Gasteiger partial charge is 0.322 e. The van der Waals surface area contributed by atoms with Gasteiger partial charge in [-0.3, -0.25) is 9.59 Å². The predicted molar refractivity (Wildman–Crippen MR) is 69.4 cm³/mol. The molecule has 8 heteroatoms. The highest BCUT2D eigenvalue weighted by atomic mass is 32.2. The lowest BCUT2D eigenvalue weighted by Crippen LogP contribution is -2.44. The van der Waals surface area contributed by atoms with Crippen molar-refractivity contribution in [2.24, 2.45) is 11.8 Å². The van der Waals surface area contributed by atoms with Crippen molar-refractivity contribution in [2.75, 3.05) is 19.4 Å². The minimum absolute atomic E-state index is 0.0969. The highest BCUT2D eigenvalue weighted by Gasteiger charge is 2.51. The van der Waals surface area contributed by atoms with Crippen molar-refractivity contribution in [3.05, 3.63) is 0 Å². The van der Waals surface area contributed by atoms with Gasteiger partial charge in [0.2, 0.25) is 10.0 Å². The number of carbonyl (C=O) groups excluding carboxylic acids is 1. The molecule has 2 aliphatic rings. The second kappa shape index (κ2) is 5.69. The van der Waals surface area contributed by atoms with Crippen molar-refractivity contribution >= 4 is 22.0 Å². The summed E-state index contributed by atoms with van der Waals surface area (Å²) in [5, 5.41) is 9.32. The molecule has 0 amide bonds. The van der Waals surface area contributed by atoms with Gasteiger partial charge in [-0.2, -0.15) is 4.31 Å². The number of carboxylic acids is 1. The number of fused-ring (bicyclic) bond motifs is 1. The third kappa shape index (κ3) is 2.80. The van der Waals surface area contributed by atoms with E-state index in [-0.39, 0.29) is 24.8 Å². The maximum absolute atomic E-state index is 12.3. The third-order valence-corrected chi connectivity index (χ3v) is 6.06. The maximum atomic E-state index is 12.3. The second-order valence-electron chi connectivity index (χ2n) is 5.35. The first-order chi connectivity index (χ1) is 9.36. The minimum Gasteiger partial charge on any atom is -0.480 e. The summed E-state index contributed by atoms with van der Waals surface area (Å²) < 4.78 is 30.0. The number of hydrogen-bond acceptors (Lipinski definition) is 5. The molecule has 114 valence electrons. The summed E-state index contributed by atoms with van der Waals surface area (Å²) in [6.07, 6.45) is 2.33. The Morgan fingerprint density at radius 1 is 1.35 bits per heavy atom. The van der Waals surface area contributed by atoms with Crippen LogP contribution in [0.4, 0.5) is 0 Å². The molecular formula is C12H19NO6S. The number of sulfonamides is 1. The van der Waals surface area contributed by atoms with Crippen molar-refractivity contribution in [3.8, 4) is 0 Å². The summed E-state index contributed by atoms with van der Waals surface area (Å²) in [5.41, 5.74) is 0. The van der Waals surface area contributed by atoms with E-state index in [1.54, 1.807) is 0 Å². The summed E-state index contributed by atoms with van der Waals surface area (Å²) in [5.74, 6) is -2.08. The fourth-order valence-corrected chi connectivity index (χ4v) is 4.96. The molecule has 1 aliphatic heterocycles. The Morgan fingerprint density at radius 3 is 2.65 bits per heavy atom. The van der Waals surface area contributed by atoms with E-state index < -0.39 is 33.8 Å². The molecule has 1 saturated carbocycles. The fourth-order valence-electron chi connectivity index (χ4n) is 3.29. The van der Waals surface area contributed by atoms with Crippen LogP contribution in [0.15, 0.2) is 0 Å². The zero-order chi connectivity index (χ0) is 14.9. The second-order valence-corrected chi connectivity index (χ2v) is 7.39. The molecule has 0 bridgehead atoms. The molecule has 2 fully saturated rings. The Balaban J connectivity index is 2.14. The van der Waals surface area contributed by atoms with Gasteiger partial charge in [0.05, 0.1) is 19.3 Å². The van der Waals surface area contributed by atoms with Gasteiger partial charge >= 0.3 is 11.9 Å². The Kier molecular flexibility index (Phi) is 4.33. The molecule has 0 aromatic carbocycles. The van der Waals surface area contributed by atoms with E-state index in [2.05, 4.69) is 4.74 Å². The maximum Gasteiger partial charge on any atom is 0.322 e.